The first-order chi connectivity index (χ1) is 7.24. The molecule has 1 unspecified atom stereocenters. The molecule has 4 heteroatoms. The molecule has 1 rings (SSSR count). The molecule has 1 N–H and O–H groups in total. The van der Waals surface area contributed by atoms with Crippen LogP contribution in [0.4, 0.5) is 0 Å². The maximum Gasteiger partial charge on any atom is 0.248 e. The molecule has 1 amide bonds. The van der Waals surface area contributed by atoms with Gasteiger partial charge in [-0.3, -0.25) is 4.79 Å². The molecule has 0 spiro atoms. The summed E-state index contributed by atoms with van der Waals surface area (Å²) in [5.41, 5.74) is 0. The normalized spacial score (nSPS) is 19.1. The van der Waals surface area contributed by atoms with E-state index >= 15 is 0 Å². The minimum Gasteiger partial charge on any atom is -0.376 e. The van der Waals surface area contributed by atoms with Crippen molar-refractivity contribution in [3.63, 3.8) is 0 Å². The summed E-state index contributed by atoms with van der Waals surface area (Å²) < 4.78 is 10.5. The van der Waals surface area contributed by atoms with Gasteiger partial charge >= 0.3 is 0 Å². The molecule has 1 aliphatic rings. The Morgan fingerprint density at radius 2 is 2.13 bits per heavy atom. The summed E-state index contributed by atoms with van der Waals surface area (Å²) in [4.78, 5) is 11.3. The number of hydrogen-bond acceptors (Lipinski definition) is 3. The molecule has 0 aromatic rings. The monoisotopic (exact) mass is 215 g/mol. The van der Waals surface area contributed by atoms with Gasteiger partial charge in [-0.1, -0.05) is 12.8 Å². The highest BCUT2D eigenvalue weighted by atomic mass is 16.5. The average molecular weight is 215 g/mol. The molecule has 0 radical (unpaired) electrons. The third kappa shape index (κ3) is 4.62. The van der Waals surface area contributed by atoms with Gasteiger partial charge in [-0.2, -0.15) is 0 Å². The fraction of sp³-hybridized carbons (Fsp3) is 0.909. The summed E-state index contributed by atoms with van der Waals surface area (Å²) in [5, 5.41) is 2.77. The van der Waals surface area contributed by atoms with Gasteiger partial charge in [-0.05, 0) is 19.8 Å². The number of carbonyl (C=O) groups excluding carboxylic acids is 1. The van der Waals surface area contributed by atoms with E-state index in [2.05, 4.69) is 5.32 Å². The maximum absolute atomic E-state index is 11.3. The molecule has 4 nitrogen and oxygen atoms in total. The Kier molecular flexibility index (Phi) is 5.65. The molecule has 1 atom stereocenters. The van der Waals surface area contributed by atoms with E-state index in [4.69, 9.17) is 9.47 Å². The average Bonchev–Trinajstić information content (AvgIpc) is 2.75. The molecule has 15 heavy (non-hydrogen) atoms. The molecule has 1 saturated carbocycles. The van der Waals surface area contributed by atoms with Crippen LogP contribution in [0.2, 0.25) is 0 Å². The highest BCUT2D eigenvalue weighted by Crippen LogP contribution is 2.20. The minimum atomic E-state index is -0.378. The zero-order valence-corrected chi connectivity index (χ0v) is 9.62. The minimum absolute atomic E-state index is 0.0764. The molecular formula is C11H21NO3. The fourth-order valence-corrected chi connectivity index (χ4v) is 1.71. The van der Waals surface area contributed by atoms with Crippen LogP contribution in [0.25, 0.3) is 0 Å². The number of hydrogen-bond donors (Lipinski definition) is 1. The first-order valence-electron chi connectivity index (χ1n) is 5.66. The maximum atomic E-state index is 11.3. The first-order valence-corrected chi connectivity index (χ1v) is 5.66. The van der Waals surface area contributed by atoms with Gasteiger partial charge in [-0.15, -0.1) is 0 Å². The van der Waals surface area contributed by atoms with Crippen LogP contribution in [0.5, 0.6) is 0 Å². The van der Waals surface area contributed by atoms with Crippen LogP contribution < -0.4 is 5.32 Å². The lowest BCUT2D eigenvalue weighted by Crippen LogP contribution is -2.36. The van der Waals surface area contributed by atoms with Crippen molar-refractivity contribution in [3.05, 3.63) is 0 Å². The van der Waals surface area contributed by atoms with E-state index in [0.717, 1.165) is 0 Å². The standard InChI is InChI=1S/C11H21NO3/c1-9(14-2)11(13)12-7-8-15-10-5-3-4-6-10/h9-10H,3-8H2,1-2H3,(H,12,13). The smallest absolute Gasteiger partial charge is 0.248 e. The number of amides is 1. The molecule has 0 aliphatic heterocycles. The molecule has 1 fully saturated rings. The largest absolute Gasteiger partial charge is 0.376 e. The van der Waals surface area contributed by atoms with Crippen molar-refractivity contribution in [2.45, 2.75) is 44.8 Å². The molecule has 88 valence electrons. The van der Waals surface area contributed by atoms with E-state index in [9.17, 15) is 4.79 Å². The summed E-state index contributed by atoms with van der Waals surface area (Å²) in [6.07, 6.45) is 4.93. The van der Waals surface area contributed by atoms with Gasteiger partial charge in [0.15, 0.2) is 0 Å². The third-order valence-electron chi connectivity index (χ3n) is 2.78. The zero-order valence-electron chi connectivity index (χ0n) is 9.62. The Bertz CT molecular complexity index is 190. The van der Waals surface area contributed by atoms with Crippen LogP contribution in [0.3, 0.4) is 0 Å². The summed E-state index contributed by atoms with van der Waals surface area (Å²) in [7, 11) is 1.53. The van der Waals surface area contributed by atoms with Crippen molar-refractivity contribution in [3.8, 4) is 0 Å². The van der Waals surface area contributed by atoms with Gasteiger partial charge in [0.05, 0.1) is 12.7 Å². The second kappa shape index (κ2) is 6.80. The Labute approximate surface area is 91.3 Å². The Hall–Kier alpha value is -0.610. The first kappa shape index (κ1) is 12.5. The third-order valence-corrected chi connectivity index (χ3v) is 2.78. The highest BCUT2D eigenvalue weighted by molar-refractivity contribution is 5.80. The number of carbonyl (C=O) groups is 1. The molecule has 0 saturated heterocycles. The van der Waals surface area contributed by atoms with Gasteiger partial charge in [0.2, 0.25) is 5.91 Å². The topological polar surface area (TPSA) is 47.6 Å². The van der Waals surface area contributed by atoms with Crippen molar-refractivity contribution in [2.24, 2.45) is 0 Å². The fourth-order valence-electron chi connectivity index (χ4n) is 1.71. The number of ether oxygens (including phenoxy) is 2. The van der Waals surface area contributed by atoms with Crippen molar-refractivity contribution >= 4 is 5.91 Å². The van der Waals surface area contributed by atoms with Gasteiger partial charge in [-0.25, -0.2) is 0 Å². The van der Waals surface area contributed by atoms with Crippen LogP contribution in [0, 0.1) is 0 Å². The lowest BCUT2D eigenvalue weighted by atomic mass is 10.3. The predicted octanol–water partition coefficient (Wildman–Crippen LogP) is 1.10. The Morgan fingerprint density at radius 1 is 1.47 bits per heavy atom. The van der Waals surface area contributed by atoms with Gasteiger partial charge in [0, 0.05) is 13.7 Å². The SMILES string of the molecule is COC(C)C(=O)NCCOC1CCCC1. The van der Waals surface area contributed by atoms with Crippen LogP contribution >= 0.6 is 0 Å². The van der Waals surface area contributed by atoms with Crippen molar-refractivity contribution in [1.82, 2.24) is 5.32 Å². The van der Waals surface area contributed by atoms with Crippen LogP contribution in [-0.2, 0) is 14.3 Å². The van der Waals surface area contributed by atoms with Crippen LogP contribution in [-0.4, -0.2) is 38.4 Å². The quantitative estimate of drug-likeness (QED) is 0.675. The van der Waals surface area contributed by atoms with E-state index in [0.29, 0.717) is 19.3 Å². The number of methoxy groups -OCH3 is 1. The van der Waals surface area contributed by atoms with Crippen molar-refractivity contribution < 1.29 is 14.3 Å². The zero-order chi connectivity index (χ0) is 11.1. The van der Waals surface area contributed by atoms with E-state index in [1.165, 1.54) is 32.8 Å². The van der Waals surface area contributed by atoms with Crippen LogP contribution in [0.1, 0.15) is 32.6 Å². The summed E-state index contributed by atoms with van der Waals surface area (Å²) in [6.45, 7) is 2.91. The van der Waals surface area contributed by atoms with Gasteiger partial charge in [0.25, 0.3) is 0 Å². The summed E-state index contributed by atoms with van der Waals surface area (Å²) >= 11 is 0. The van der Waals surface area contributed by atoms with E-state index in [1.807, 2.05) is 0 Å². The van der Waals surface area contributed by atoms with Crippen LogP contribution in [0.15, 0.2) is 0 Å². The lowest BCUT2D eigenvalue weighted by Gasteiger charge is -2.13. The molecule has 0 heterocycles. The second-order valence-electron chi connectivity index (χ2n) is 3.95. The molecule has 0 aromatic heterocycles. The Balaban J connectivity index is 1.98. The second-order valence-corrected chi connectivity index (χ2v) is 3.95. The van der Waals surface area contributed by atoms with E-state index in [-0.39, 0.29) is 12.0 Å². The molecule has 0 bridgehead atoms. The van der Waals surface area contributed by atoms with E-state index in [1.54, 1.807) is 6.92 Å². The van der Waals surface area contributed by atoms with Gasteiger partial charge in [0.1, 0.15) is 6.10 Å². The van der Waals surface area contributed by atoms with Crippen molar-refractivity contribution in [2.75, 3.05) is 20.3 Å². The molecule has 1 aliphatic carbocycles. The van der Waals surface area contributed by atoms with E-state index < -0.39 is 0 Å². The number of nitrogens with one attached hydrogen (secondary N) is 1. The van der Waals surface area contributed by atoms with Crippen molar-refractivity contribution in [1.29, 1.82) is 0 Å². The molecular weight excluding hydrogens is 194 g/mol. The molecule has 0 aromatic carbocycles. The summed E-state index contributed by atoms with van der Waals surface area (Å²) in [5.74, 6) is -0.0764. The number of rotatable bonds is 6. The highest BCUT2D eigenvalue weighted by Gasteiger charge is 2.15. The lowest BCUT2D eigenvalue weighted by molar-refractivity contribution is -0.130. The van der Waals surface area contributed by atoms with Gasteiger partial charge < -0.3 is 14.8 Å². The summed E-state index contributed by atoms with van der Waals surface area (Å²) in [6, 6.07) is 0. The Morgan fingerprint density at radius 3 is 2.73 bits per heavy atom. The predicted molar refractivity (Wildman–Crippen MR) is 57.7 cm³/mol.